The Balaban J connectivity index is 1.84. The third kappa shape index (κ3) is 3.17. The second kappa shape index (κ2) is 6.28. The molecule has 0 aromatic carbocycles. The van der Waals surface area contributed by atoms with Gasteiger partial charge in [0.1, 0.15) is 10.6 Å². The first kappa shape index (κ1) is 16.5. The Morgan fingerprint density at radius 2 is 1.87 bits per heavy atom. The van der Waals surface area contributed by atoms with E-state index in [9.17, 15) is 13.2 Å². The standard InChI is InChI=1S/C16H25N3O3S/c1-13-6-5-7-18(11-13)16(20)15-10-14(12-17(15)2)23(21,22)19-8-3-4-9-19/h10,12-13H,3-9,11H2,1-2H3/t13-/m1/s1. The molecule has 2 saturated heterocycles. The molecule has 1 aromatic rings. The van der Waals surface area contributed by atoms with Crippen molar-refractivity contribution in [2.75, 3.05) is 26.2 Å². The molecule has 3 rings (SSSR count). The van der Waals surface area contributed by atoms with Gasteiger partial charge in [-0.25, -0.2) is 8.42 Å². The van der Waals surface area contributed by atoms with E-state index in [0.717, 1.165) is 38.8 Å². The normalized spacial score (nSPS) is 23.4. The molecule has 0 spiro atoms. The van der Waals surface area contributed by atoms with Crippen LogP contribution in [-0.4, -0.2) is 54.3 Å². The van der Waals surface area contributed by atoms with Gasteiger partial charge >= 0.3 is 0 Å². The zero-order valence-electron chi connectivity index (χ0n) is 13.9. The molecule has 0 aliphatic carbocycles. The van der Waals surface area contributed by atoms with E-state index in [1.807, 2.05) is 4.90 Å². The topological polar surface area (TPSA) is 62.6 Å². The van der Waals surface area contributed by atoms with Crippen LogP contribution in [0, 0.1) is 5.92 Å². The summed E-state index contributed by atoms with van der Waals surface area (Å²) in [6.45, 7) is 4.79. The Labute approximate surface area is 138 Å². The molecule has 2 aliphatic rings. The van der Waals surface area contributed by atoms with Crippen LogP contribution in [0.25, 0.3) is 0 Å². The van der Waals surface area contributed by atoms with Crippen LogP contribution < -0.4 is 0 Å². The summed E-state index contributed by atoms with van der Waals surface area (Å²) in [5, 5.41) is 0. The quantitative estimate of drug-likeness (QED) is 0.842. The van der Waals surface area contributed by atoms with Crippen molar-refractivity contribution in [1.29, 1.82) is 0 Å². The van der Waals surface area contributed by atoms with Crippen LogP contribution in [0.1, 0.15) is 43.1 Å². The Morgan fingerprint density at radius 3 is 2.52 bits per heavy atom. The van der Waals surface area contributed by atoms with Crippen molar-refractivity contribution in [3.8, 4) is 0 Å². The number of hydrogen-bond donors (Lipinski definition) is 0. The zero-order chi connectivity index (χ0) is 16.6. The maximum absolute atomic E-state index is 12.7. The summed E-state index contributed by atoms with van der Waals surface area (Å²) in [5.41, 5.74) is 0.455. The SMILES string of the molecule is C[C@@H]1CCCN(C(=O)c2cc(S(=O)(=O)N3CCCC3)cn2C)C1. The number of likely N-dealkylation sites (tertiary alicyclic amines) is 1. The van der Waals surface area contributed by atoms with E-state index in [0.29, 0.717) is 24.7 Å². The number of amides is 1. The first-order valence-electron chi connectivity index (χ1n) is 8.35. The Bertz CT molecular complexity index is 689. The molecule has 2 aliphatic heterocycles. The number of sulfonamides is 1. The number of carbonyl (C=O) groups excluding carboxylic acids is 1. The van der Waals surface area contributed by atoms with Crippen LogP contribution in [0.3, 0.4) is 0 Å². The fourth-order valence-electron chi connectivity index (χ4n) is 3.50. The number of carbonyl (C=O) groups is 1. The van der Waals surface area contributed by atoms with Crippen LogP contribution in [0.2, 0.25) is 0 Å². The van der Waals surface area contributed by atoms with Gasteiger partial charge in [-0.1, -0.05) is 6.92 Å². The average molecular weight is 339 g/mol. The summed E-state index contributed by atoms with van der Waals surface area (Å²) < 4.78 is 28.4. The van der Waals surface area contributed by atoms with Gasteiger partial charge in [-0.05, 0) is 37.7 Å². The minimum absolute atomic E-state index is 0.0677. The molecule has 23 heavy (non-hydrogen) atoms. The molecule has 1 amide bonds. The van der Waals surface area contributed by atoms with Crippen molar-refractivity contribution < 1.29 is 13.2 Å². The van der Waals surface area contributed by atoms with E-state index in [1.54, 1.807) is 17.8 Å². The van der Waals surface area contributed by atoms with Gasteiger partial charge in [0.25, 0.3) is 5.91 Å². The van der Waals surface area contributed by atoms with Gasteiger partial charge in [-0.2, -0.15) is 4.31 Å². The fraction of sp³-hybridized carbons (Fsp3) is 0.688. The zero-order valence-corrected chi connectivity index (χ0v) is 14.7. The number of piperidine rings is 1. The van der Waals surface area contributed by atoms with Crippen LogP contribution >= 0.6 is 0 Å². The smallest absolute Gasteiger partial charge is 0.270 e. The lowest BCUT2D eigenvalue weighted by atomic mass is 10.00. The van der Waals surface area contributed by atoms with E-state index in [1.165, 1.54) is 10.4 Å². The summed E-state index contributed by atoms with van der Waals surface area (Å²) in [7, 11) is -1.73. The summed E-state index contributed by atoms with van der Waals surface area (Å²) in [6, 6.07) is 1.54. The third-order valence-corrected chi connectivity index (χ3v) is 6.71. The highest BCUT2D eigenvalue weighted by atomic mass is 32.2. The minimum atomic E-state index is -3.47. The maximum atomic E-state index is 12.7. The molecule has 0 radical (unpaired) electrons. The predicted octanol–water partition coefficient (Wildman–Crippen LogP) is 1.68. The van der Waals surface area contributed by atoms with Crippen molar-refractivity contribution in [2.45, 2.75) is 37.5 Å². The van der Waals surface area contributed by atoms with E-state index < -0.39 is 10.0 Å². The van der Waals surface area contributed by atoms with Crippen molar-refractivity contribution in [2.24, 2.45) is 13.0 Å². The predicted molar refractivity (Wildman–Crippen MR) is 87.7 cm³/mol. The molecule has 0 unspecified atom stereocenters. The maximum Gasteiger partial charge on any atom is 0.270 e. The van der Waals surface area contributed by atoms with Gasteiger partial charge < -0.3 is 9.47 Å². The lowest BCUT2D eigenvalue weighted by Gasteiger charge is -2.30. The van der Waals surface area contributed by atoms with Gasteiger partial charge in [-0.3, -0.25) is 4.79 Å². The van der Waals surface area contributed by atoms with E-state index >= 15 is 0 Å². The molecular formula is C16H25N3O3S. The van der Waals surface area contributed by atoms with Crippen LogP contribution in [0.15, 0.2) is 17.2 Å². The molecule has 3 heterocycles. The van der Waals surface area contributed by atoms with Gasteiger partial charge in [0.2, 0.25) is 10.0 Å². The highest BCUT2D eigenvalue weighted by molar-refractivity contribution is 7.89. The number of aryl methyl sites for hydroxylation is 1. The first-order valence-corrected chi connectivity index (χ1v) is 9.79. The molecule has 0 saturated carbocycles. The molecule has 2 fully saturated rings. The second-order valence-electron chi connectivity index (χ2n) is 6.78. The van der Waals surface area contributed by atoms with Crippen LogP contribution in [-0.2, 0) is 17.1 Å². The number of nitrogens with zero attached hydrogens (tertiary/aromatic N) is 3. The van der Waals surface area contributed by atoms with Crippen molar-refractivity contribution in [3.63, 3.8) is 0 Å². The molecule has 1 aromatic heterocycles. The van der Waals surface area contributed by atoms with Gasteiger partial charge in [-0.15, -0.1) is 0 Å². The number of hydrogen-bond acceptors (Lipinski definition) is 3. The van der Waals surface area contributed by atoms with Crippen LogP contribution in [0.5, 0.6) is 0 Å². The Hall–Kier alpha value is -1.34. The summed E-state index contributed by atoms with van der Waals surface area (Å²) >= 11 is 0. The Morgan fingerprint density at radius 1 is 1.17 bits per heavy atom. The molecule has 1 atom stereocenters. The van der Waals surface area contributed by atoms with E-state index in [4.69, 9.17) is 0 Å². The van der Waals surface area contributed by atoms with E-state index in [-0.39, 0.29) is 10.8 Å². The van der Waals surface area contributed by atoms with Crippen molar-refractivity contribution in [3.05, 3.63) is 18.0 Å². The molecule has 0 bridgehead atoms. The van der Waals surface area contributed by atoms with Gasteiger partial charge in [0.05, 0.1) is 0 Å². The monoisotopic (exact) mass is 339 g/mol. The molecule has 7 heteroatoms. The summed E-state index contributed by atoms with van der Waals surface area (Å²) in [5.74, 6) is 0.433. The summed E-state index contributed by atoms with van der Waals surface area (Å²) in [4.78, 5) is 14.8. The first-order chi connectivity index (χ1) is 10.9. The molecule has 128 valence electrons. The van der Waals surface area contributed by atoms with Gasteiger partial charge in [0.15, 0.2) is 0 Å². The third-order valence-electron chi connectivity index (χ3n) is 4.85. The number of rotatable bonds is 3. The Kier molecular flexibility index (Phi) is 4.51. The lowest BCUT2D eigenvalue weighted by Crippen LogP contribution is -2.39. The highest BCUT2D eigenvalue weighted by Crippen LogP contribution is 2.24. The fourth-order valence-corrected chi connectivity index (χ4v) is 5.09. The molecule has 6 nitrogen and oxygen atoms in total. The second-order valence-corrected chi connectivity index (χ2v) is 8.72. The molecular weight excluding hydrogens is 314 g/mol. The van der Waals surface area contributed by atoms with Crippen molar-refractivity contribution in [1.82, 2.24) is 13.8 Å². The average Bonchev–Trinajstić information content (AvgIpc) is 3.16. The van der Waals surface area contributed by atoms with Crippen LogP contribution in [0.4, 0.5) is 0 Å². The van der Waals surface area contributed by atoms with Crippen molar-refractivity contribution >= 4 is 15.9 Å². The van der Waals surface area contributed by atoms with E-state index in [2.05, 4.69) is 6.92 Å². The summed E-state index contributed by atoms with van der Waals surface area (Å²) in [6.07, 6.45) is 5.53. The molecule has 0 N–H and O–H groups in total. The minimum Gasteiger partial charge on any atom is -0.345 e. The lowest BCUT2D eigenvalue weighted by molar-refractivity contribution is 0.0673. The largest absolute Gasteiger partial charge is 0.345 e. The number of aromatic nitrogens is 1. The van der Waals surface area contributed by atoms with Gasteiger partial charge in [0, 0.05) is 39.4 Å². The highest BCUT2D eigenvalue weighted by Gasteiger charge is 2.31.